The lowest BCUT2D eigenvalue weighted by atomic mass is 10.3. The van der Waals surface area contributed by atoms with E-state index in [2.05, 4.69) is 36.8 Å². The van der Waals surface area contributed by atoms with Gasteiger partial charge in [0.15, 0.2) is 5.69 Å². The maximum absolute atomic E-state index is 12.0. The van der Waals surface area contributed by atoms with Crippen LogP contribution in [0.4, 0.5) is 11.5 Å². The number of methoxy groups -OCH3 is 1. The molecule has 1 aromatic heterocycles. The number of hydrogen-bond acceptors (Lipinski definition) is 5. The molecule has 0 spiro atoms. The molecule has 0 bridgehead atoms. The fraction of sp³-hybridized carbons (Fsp3) is 0.214. The summed E-state index contributed by atoms with van der Waals surface area (Å²) < 4.78 is 5.82. The summed E-state index contributed by atoms with van der Waals surface area (Å²) in [7, 11) is 1.63. The molecule has 0 saturated carbocycles. The van der Waals surface area contributed by atoms with Crippen LogP contribution in [0.3, 0.4) is 0 Å². The Balaban J connectivity index is 1.96. The van der Waals surface area contributed by atoms with Gasteiger partial charge in [0, 0.05) is 23.8 Å². The molecule has 6 nitrogen and oxygen atoms in total. The Kier molecular flexibility index (Phi) is 5.65. The van der Waals surface area contributed by atoms with Crippen molar-refractivity contribution in [2.24, 2.45) is 0 Å². The third kappa shape index (κ3) is 4.80. The van der Waals surface area contributed by atoms with E-state index in [0.717, 1.165) is 4.47 Å². The maximum atomic E-state index is 12.0. The van der Waals surface area contributed by atoms with E-state index in [0.29, 0.717) is 24.7 Å². The number of aromatic nitrogens is 2. The molecular formula is C14H15BrN4O2. The second-order valence-corrected chi connectivity index (χ2v) is 5.10. The molecule has 1 amide bonds. The van der Waals surface area contributed by atoms with Crippen molar-refractivity contribution in [3.05, 3.63) is 46.6 Å². The molecule has 0 radical (unpaired) electrons. The van der Waals surface area contributed by atoms with Crippen LogP contribution in [0.15, 0.2) is 40.9 Å². The van der Waals surface area contributed by atoms with E-state index in [1.54, 1.807) is 25.3 Å². The normalized spacial score (nSPS) is 10.2. The lowest BCUT2D eigenvalue weighted by Gasteiger charge is -2.06. The largest absolute Gasteiger partial charge is 0.383 e. The Bertz CT molecular complexity index is 604. The summed E-state index contributed by atoms with van der Waals surface area (Å²) >= 11 is 3.35. The van der Waals surface area contributed by atoms with Crippen LogP contribution in [0, 0.1) is 0 Å². The van der Waals surface area contributed by atoms with Crippen LogP contribution in [0.25, 0.3) is 0 Å². The summed E-state index contributed by atoms with van der Waals surface area (Å²) in [6, 6.07) is 10.7. The van der Waals surface area contributed by atoms with Crippen LogP contribution >= 0.6 is 15.9 Å². The summed E-state index contributed by atoms with van der Waals surface area (Å²) in [5.74, 6) is 0.301. The highest BCUT2D eigenvalue weighted by Crippen LogP contribution is 2.16. The smallest absolute Gasteiger partial charge is 0.276 e. The van der Waals surface area contributed by atoms with Crippen LogP contribution in [0.5, 0.6) is 0 Å². The van der Waals surface area contributed by atoms with Crippen molar-refractivity contribution in [1.29, 1.82) is 0 Å². The number of nitrogens with one attached hydrogen (secondary N) is 2. The summed E-state index contributed by atoms with van der Waals surface area (Å²) in [4.78, 5) is 12.0. The number of hydrogen-bond donors (Lipinski definition) is 2. The summed E-state index contributed by atoms with van der Waals surface area (Å²) in [6.07, 6.45) is 0. The molecule has 2 N–H and O–H groups in total. The Morgan fingerprint density at radius 1 is 1.29 bits per heavy atom. The van der Waals surface area contributed by atoms with Crippen molar-refractivity contribution in [3.63, 3.8) is 0 Å². The number of rotatable bonds is 6. The van der Waals surface area contributed by atoms with Gasteiger partial charge >= 0.3 is 0 Å². The number of carbonyl (C=O) groups is 1. The van der Waals surface area contributed by atoms with Gasteiger partial charge in [0.25, 0.3) is 5.91 Å². The van der Waals surface area contributed by atoms with Crippen LogP contribution in [0.1, 0.15) is 10.5 Å². The predicted octanol–water partition coefficient (Wildman–Crippen LogP) is 2.55. The lowest BCUT2D eigenvalue weighted by Crippen LogP contribution is -2.15. The molecule has 0 aliphatic rings. The first kappa shape index (κ1) is 15.4. The van der Waals surface area contributed by atoms with Crippen molar-refractivity contribution >= 4 is 33.3 Å². The highest BCUT2D eigenvalue weighted by atomic mass is 79.9. The van der Waals surface area contributed by atoms with E-state index in [9.17, 15) is 4.79 Å². The Hall–Kier alpha value is -1.99. The van der Waals surface area contributed by atoms with Gasteiger partial charge in [-0.2, -0.15) is 0 Å². The van der Waals surface area contributed by atoms with Gasteiger partial charge in [-0.25, -0.2) is 0 Å². The second kappa shape index (κ2) is 7.70. The summed E-state index contributed by atoms with van der Waals surface area (Å²) in [5, 5.41) is 13.6. The van der Waals surface area contributed by atoms with Gasteiger partial charge in [-0.1, -0.05) is 22.0 Å². The van der Waals surface area contributed by atoms with Gasteiger partial charge in [-0.15, -0.1) is 10.2 Å². The first-order valence-corrected chi connectivity index (χ1v) is 7.12. The van der Waals surface area contributed by atoms with Crippen LogP contribution < -0.4 is 10.6 Å². The SMILES string of the molecule is COCCNc1ccc(C(=O)Nc2cccc(Br)c2)nn1. The number of benzene rings is 1. The second-order valence-electron chi connectivity index (χ2n) is 4.19. The van der Waals surface area contributed by atoms with Crippen molar-refractivity contribution in [1.82, 2.24) is 10.2 Å². The zero-order valence-corrected chi connectivity index (χ0v) is 13.1. The molecule has 0 aliphatic heterocycles. The fourth-order valence-electron chi connectivity index (χ4n) is 1.59. The van der Waals surface area contributed by atoms with Crippen molar-refractivity contribution in [2.75, 3.05) is 30.9 Å². The quantitative estimate of drug-likeness (QED) is 0.783. The highest BCUT2D eigenvalue weighted by Gasteiger charge is 2.08. The van der Waals surface area contributed by atoms with Gasteiger partial charge in [-0.05, 0) is 30.3 Å². The van der Waals surface area contributed by atoms with Gasteiger partial charge in [0.1, 0.15) is 5.82 Å². The Labute approximate surface area is 131 Å². The van der Waals surface area contributed by atoms with E-state index in [1.165, 1.54) is 0 Å². The van der Waals surface area contributed by atoms with Crippen molar-refractivity contribution in [3.8, 4) is 0 Å². The van der Waals surface area contributed by atoms with Crippen LogP contribution in [0.2, 0.25) is 0 Å². The summed E-state index contributed by atoms with van der Waals surface area (Å²) in [6.45, 7) is 1.21. The van der Waals surface area contributed by atoms with Crippen molar-refractivity contribution < 1.29 is 9.53 Å². The molecule has 110 valence electrons. The molecular weight excluding hydrogens is 336 g/mol. The molecule has 2 rings (SSSR count). The zero-order valence-electron chi connectivity index (χ0n) is 11.5. The van der Waals surface area contributed by atoms with E-state index in [-0.39, 0.29) is 11.6 Å². The average molecular weight is 351 g/mol. The first-order valence-electron chi connectivity index (χ1n) is 6.32. The number of anilines is 2. The van der Waals surface area contributed by atoms with E-state index in [1.807, 2.05) is 18.2 Å². The molecule has 1 aromatic carbocycles. The van der Waals surface area contributed by atoms with E-state index < -0.39 is 0 Å². The van der Waals surface area contributed by atoms with E-state index in [4.69, 9.17) is 4.74 Å². The molecule has 0 unspecified atom stereocenters. The Morgan fingerprint density at radius 2 is 2.14 bits per heavy atom. The number of amides is 1. The average Bonchev–Trinajstić information content (AvgIpc) is 2.48. The van der Waals surface area contributed by atoms with Gasteiger partial charge in [0.05, 0.1) is 6.61 Å². The van der Waals surface area contributed by atoms with Gasteiger partial charge in [-0.3, -0.25) is 4.79 Å². The number of nitrogens with zero attached hydrogens (tertiary/aromatic N) is 2. The van der Waals surface area contributed by atoms with E-state index >= 15 is 0 Å². The van der Waals surface area contributed by atoms with Crippen LogP contribution in [-0.4, -0.2) is 36.4 Å². The maximum Gasteiger partial charge on any atom is 0.276 e. The van der Waals surface area contributed by atoms with Crippen molar-refractivity contribution in [2.45, 2.75) is 0 Å². The predicted molar refractivity (Wildman–Crippen MR) is 84.5 cm³/mol. The molecule has 21 heavy (non-hydrogen) atoms. The lowest BCUT2D eigenvalue weighted by molar-refractivity contribution is 0.102. The standard InChI is InChI=1S/C14H15BrN4O2/c1-21-8-7-16-13-6-5-12(18-19-13)14(20)17-11-4-2-3-10(15)9-11/h2-6,9H,7-8H2,1H3,(H,16,19)(H,17,20). The minimum atomic E-state index is -0.302. The number of carbonyl (C=O) groups excluding carboxylic acids is 1. The van der Waals surface area contributed by atoms with Gasteiger partial charge < -0.3 is 15.4 Å². The molecule has 2 aromatic rings. The molecule has 0 aliphatic carbocycles. The number of halogens is 1. The molecule has 1 heterocycles. The highest BCUT2D eigenvalue weighted by molar-refractivity contribution is 9.10. The topological polar surface area (TPSA) is 76.1 Å². The van der Waals surface area contributed by atoms with Crippen LogP contribution in [-0.2, 0) is 4.74 Å². The zero-order chi connectivity index (χ0) is 15.1. The fourth-order valence-corrected chi connectivity index (χ4v) is 1.99. The monoisotopic (exact) mass is 350 g/mol. The third-order valence-electron chi connectivity index (χ3n) is 2.59. The molecule has 7 heteroatoms. The molecule has 0 fully saturated rings. The minimum absolute atomic E-state index is 0.257. The summed E-state index contributed by atoms with van der Waals surface area (Å²) in [5.41, 5.74) is 0.950. The molecule has 0 saturated heterocycles. The Morgan fingerprint density at radius 3 is 2.81 bits per heavy atom. The molecule has 0 atom stereocenters. The minimum Gasteiger partial charge on any atom is -0.383 e. The first-order chi connectivity index (χ1) is 10.2. The number of ether oxygens (including phenoxy) is 1. The third-order valence-corrected chi connectivity index (χ3v) is 3.09. The van der Waals surface area contributed by atoms with Gasteiger partial charge in [0.2, 0.25) is 0 Å².